The lowest BCUT2D eigenvalue weighted by Crippen LogP contribution is -2.10. The van der Waals surface area contributed by atoms with Crippen molar-refractivity contribution in [1.29, 1.82) is 10.8 Å². The van der Waals surface area contributed by atoms with Crippen LogP contribution in [0, 0.1) is 10.8 Å². The Bertz CT molecular complexity index is 1490. The Morgan fingerprint density at radius 3 is 2.26 bits per heavy atom. The fourth-order valence-corrected chi connectivity index (χ4v) is 3.93. The van der Waals surface area contributed by atoms with Crippen molar-refractivity contribution in [2.75, 3.05) is 0 Å². The summed E-state index contributed by atoms with van der Waals surface area (Å²) in [6.45, 7) is 0. The highest BCUT2D eigenvalue weighted by molar-refractivity contribution is 6.01. The lowest BCUT2D eigenvalue weighted by molar-refractivity contribution is 0.960. The highest BCUT2D eigenvalue weighted by Gasteiger charge is 2.15. The van der Waals surface area contributed by atoms with Gasteiger partial charge in [0.15, 0.2) is 0 Å². The van der Waals surface area contributed by atoms with Crippen LogP contribution in [0.3, 0.4) is 0 Å². The van der Waals surface area contributed by atoms with E-state index in [0.717, 1.165) is 44.5 Å². The van der Waals surface area contributed by atoms with Gasteiger partial charge < -0.3 is 21.0 Å². The van der Waals surface area contributed by atoms with Gasteiger partial charge in [-0.1, -0.05) is 30.3 Å². The molecule has 0 aliphatic carbocycles. The van der Waals surface area contributed by atoms with Crippen LogP contribution in [0.1, 0.15) is 11.1 Å². The molecule has 152 valence electrons. The van der Waals surface area contributed by atoms with Gasteiger partial charge in [0, 0.05) is 40.8 Å². The quantitative estimate of drug-likeness (QED) is 0.228. The standard InChI is InChI=1S/C24H21N7/c1-31-21-11-16(23(27)28)7-9-20(21)30-24(31)18-12-29-19-8-6-15(10-17(18)19)13-2-4-14(5-3-13)22(25)26/h2-12,29H,1H3,(H3,25,26)(H3,27,28). The number of nitrogens with zero attached hydrogens (tertiary/aromatic N) is 2. The van der Waals surface area contributed by atoms with Crippen LogP contribution in [0.5, 0.6) is 0 Å². The molecule has 2 aromatic heterocycles. The van der Waals surface area contributed by atoms with E-state index < -0.39 is 0 Å². The number of fused-ring (bicyclic) bond motifs is 2. The number of H-pyrrole nitrogens is 1. The molecule has 5 rings (SSSR count). The van der Waals surface area contributed by atoms with Gasteiger partial charge in [0.25, 0.3) is 0 Å². The van der Waals surface area contributed by atoms with E-state index in [1.165, 1.54) is 0 Å². The minimum Gasteiger partial charge on any atom is -0.384 e. The van der Waals surface area contributed by atoms with E-state index in [1.54, 1.807) is 0 Å². The highest BCUT2D eigenvalue weighted by Crippen LogP contribution is 2.33. The van der Waals surface area contributed by atoms with Crippen LogP contribution in [0.25, 0.3) is 44.5 Å². The highest BCUT2D eigenvalue weighted by atomic mass is 15.1. The van der Waals surface area contributed by atoms with Crippen molar-refractivity contribution in [3.63, 3.8) is 0 Å². The Morgan fingerprint density at radius 1 is 0.871 bits per heavy atom. The Kier molecular flexibility index (Phi) is 4.11. The predicted molar refractivity (Wildman–Crippen MR) is 125 cm³/mol. The summed E-state index contributed by atoms with van der Waals surface area (Å²) >= 11 is 0. The maximum absolute atomic E-state index is 7.70. The van der Waals surface area contributed by atoms with E-state index in [4.69, 9.17) is 27.3 Å². The molecule has 0 spiro atoms. The first-order valence-electron chi connectivity index (χ1n) is 9.79. The van der Waals surface area contributed by atoms with E-state index in [-0.39, 0.29) is 11.7 Å². The molecule has 0 saturated heterocycles. The predicted octanol–water partition coefficient (Wildman–Crippen LogP) is 3.96. The van der Waals surface area contributed by atoms with Crippen molar-refractivity contribution in [3.8, 4) is 22.5 Å². The zero-order valence-corrected chi connectivity index (χ0v) is 16.9. The second-order valence-electron chi connectivity index (χ2n) is 7.57. The third-order valence-corrected chi connectivity index (χ3v) is 5.64. The molecular formula is C24H21N7. The number of aryl methyl sites for hydroxylation is 1. The minimum absolute atomic E-state index is 0.0391. The second kappa shape index (κ2) is 6.84. The smallest absolute Gasteiger partial charge is 0.143 e. The maximum atomic E-state index is 7.70. The summed E-state index contributed by atoms with van der Waals surface area (Å²) < 4.78 is 2.03. The Balaban J connectivity index is 1.64. The maximum Gasteiger partial charge on any atom is 0.143 e. The van der Waals surface area contributed by atoms with E-state index in [0.29, 0.717) is 11.1 Å². The van der Waals surface area contributed by atoms with Crippen molar-refractivity contribution in [2.45, 2.75) is 0 Å². The lowest BCUT2D eigenvalue weighted by atomic mass is 10.0. The molecule has 0 aliphatic rings. The number of aromatic nitrogens is 3. The molecule has 5 aromatic rings. The van der Waals surface area contributed by atoms with Crippen molar-refractivity contribution in [3.05, 3.63) is 78.0 Å². The van der Waals surface area contributed by atoms with Crippen LogP contribution in [0.15, 0.2) is 66.9 Å². The van der Waals surface area contributed by atoms with Crippen LogP contribution in [-0.2, 0) is 7.05 Å². The first kappa shape index (κ1) is 18.6. The molecule has 7 heteroatoms. The number of rotatable bonds is 4. The Morgan fingerprint density at radius 2 is 1.55 bits per heavy atom. The number of benzene rings is 3. The molecule has 31 heavy (non-hydrogen) atoms. The number of hydrogen-bond acceptors (Lipinski definition) is 3. The molecule has 2 heterocycles. The molecule has 0 radical (unpaired) electrons. The molecule has 0 aliphatic heterocycles. The SMILES string of the molecule is Cn1c(-c2c[nH]c3ccc(-c4ccc(C(=N)N)cc4)cc23)nc2ccc(C(=N)N)cc21. The average molecular weight is 407 g/mol. The van der Waals surface area contributed by atoms with E-state index >= 15 is 0 Å². The third kappa shape index (κ3) is 3.03. The normalized spacial score (nSPS) is 11.3. The number of imidazole rings is 1. The van der Waals surface area contributed by atoms with Crippen LogP contribution >= 0.6 is 0 Å². The summed E-state index contributed by atoms with van der Waals surface area (Å²) in [5, 5.41) is 16.3. The van der Waals surface area contributed by atoms with Crippen LogP contribution in [0.4, 0.5) is 0 Å². The van der Waals surface area contributed by atoms with Crippen molar-refractivity contribution in [2.24, 2.45) is 18.5 Å². The molecular weight excluding hydrogens is 386 g/mol. The number of amidine groups is 2. The monoisotopic (exact) mass is 407 g/mol. The Labute approximate surface area is 178 Å². The largest absolute Gasteiger partial charge is 0.384 e. The zero-order valence-electron chi connectivity index (χ0n) is 16.9. The summed E-state index contributed by atoms with van der Waals surface area (Å²) in [6.07, 6.45) is 1.97. The number of nitrogens with one attached hydrogen (secondary N) is 3. The van der Waals surface area contributed by atoms with E-state index in [2.05, 4.69) is 23.2 Å². The zero-order chi connectivity index (χ0) is 21.7. The number of nitrogens with two attached hydrogens (primary N) is 2. The van der Waals surface area contributed by atoms with Gasteiger partial charge in [0.2, 0.25) is 0 Å². The summed E-state index contributed by atoms with van der Waals surface area (Å²) in [5.41, 5.74) is 18.5. The topological polar surface area (TPSA) is 133 Å². The number of hydrogen-bond donors (Lipinski definition) is 5. The lowest BCUT2D eigenvalue weighted by Gasteiger charge is -2.06. The first-order chi connectivity index (χ1) is 14.9. The van der Waals surface area contributed by atoms with Crippen molar-refractivity contribution in [1.82, 2.24) is 14.5 Å². The summed E-state index contributed by atoms with van der Waals surface area (Å²) in [4.78, 5) is 8.17. The first-order valence-corrected chi connectivity index (χ1v) is 9.79. The molecule has 0 unspecified atom stereocenters. The fraction of sp³-hybridized carbons (Fsp3) is 0.0417. The van der Waals surface area contributed by atoms with Gasteiger partial charge in [-0.2, -0.15) is 0 Å². The summed E-state index contributed by atoms with van der Waals surface area (Å²) in [5.74, 6) is 0.938. The average Bonchev–Trinajstić information content (AvgIpc) is 3.33. The summed E-state index contributed by atoms with van der Waals surface area (Å²) in [7, 11) is 1.97. The summed E-state index contributed by atoms with van der Waals surface area (Å²) in [6, 6.07) is 19.5. The van der Waals surface area contributed by atoms with Gasteiger partial charge in [-0.3, -0.25) is 10.8 Å². The van der Waals surface area contributed by atoms with Gasteiger partial charge in [0.1, 0.15) is 17.5 Å². The van der Waals surface area contributed by atoms with Gasteiger partial charge in [0.05, 0.1) is 11.0 Å². The Hall–Kier alpha value is -4.39. The van der Waals surface area contributed by atoms with Crippen LogP contribution in [0.2, 0.25) is 0 Å². The molecule has 0 fully saturated rings. The molecule has 7 nitrogen and oxygen atoms in total. The van der Waals surface area contributed by atoms with E-state index in [1.807, 2.05) is 60.3 Å². The number of aromatic amines is 1. The van der Waals surface area contributed by atoms with Gasteiger partial charge in [-0.25, -0.2) is 4.98 Å². The number of nitrogen functional groups attached to an aromatic ring is 2. The third-order valence-electron chi connectivity index (χ3n) is 5.64. The van der Waals surface area contributed by atoms with Gasteiger partial charge in [-0.05, 0) is 41.5 Å². The molecule has 0 saturated carbocycles. The van der Waals surface area contributed by atoms with Gasteiger partial charge in [-0.15, -0.1) is 0 Å². The minimum atomic E-state index is 0.0391. The second-order valence-corrected chi connectivity index (χ2v) is 7.57. The molecule has 3 aromatic carbocycles. The van der Waals surface area contributed by atoms with Crippen LogP contribution in [-0.4, -0.2) is 26.2 Å². The fourth-order valence-electron chi connectivity index (χ4n) is 3.93. The van der Waals surface area contributed by atoms with Gasteiger partial charge >= 0.3 is 0 Å². The molecule has 0 amide bonds. The molecule has 0 atom stereocenters. The molecule has 7 N–H and O–H groups in total. The van der Waals surface area contributed by atoms with Crippen molar-refractivity contribution >= 4 is 33.6 Å². The van der Waals surface area contributed by atoms with Crippen molar-refractivity contribution < 1.29 is 0 Å². The molecule has 0 bridgehead atoms. The van der Waals surface area contributed by atoms with E-state index in [9.17, 15) is 0 Å². The van der Waals surface area contributed by atoms with Crippen LogP contribution < -0.4 is 11.5 Å².